The Hall–Kier alpha value is -1.35. The summed E-state index contributed by atoms with van der Waals surface area (Å²) in [5.41, 5.74) is 2.50. The third-order valence-electron chi connectivity index (χ3n) is 4.49. The molecule has 0 spiro atoms. The maximum atomic E-state index is 6.07. The van der Waals surface area contributed by atoms with Gasteiger partial charge in [0.1, 0.15) is 0 Å². The van der Waals surface area contributed by atoms with Crippen LogP contribution in [0.3, 0.4) is 0 Å². The fraction of sp³-hybridized carbons (Fsp3) is 0.333. The lowest BCUT2D eigenvalue weighted by Crippen LogP contribution is -2.53. The minimum atomic E-state index is -0.117. The predicted octanol–water partition coefficient (Wildman–Crippen LogP) is 3.51. The lowest BCUT2D eigenvalue weighted by molar-refractivity contribution is 0.120. The number of hydrogen-bond donors (Lipinski definition) is 1. The summed E-state index contributed by atoms with van der Waals surface area (Å²) in [5, 5.41) is 4.22. The summed E-state index contributed by atoms with van der Waals surface area (Å²) in [4.78, 5) is 2.56. The number of hydrogen-bond acceptors (Lipinski definition) is 2. The molecule has 1 aliphatic heterocycles. The van der Waals surface area contributed by atoms with Crippen molar-refractivity contribution in [2.75, 3.05) is 26.2 Å². The van der Waals surface area contributed by atoms with E-state index in [1.165, 1.54) is 11.1 Å². The fourth-order valence-corrected chi connectivity index (χ4v) is 3.31. The molecular weight excluding hydrogens is 280 g/mol. The zero-order chi connectivity index (χ0) is 14.7. The van der Waals surface area contributed by atoms with Crippen molar-refractivity contribution in [3.8, 4) is 0 Å². The maximum Gasteiger partial charge on any atom is 0.0687 e. The predicted molar refractivity (Wildman–Crippen MR) is 88.8 cm³/mol. The van der Waals surface area contributed by atoms with E-state index in [9.17, 15) is 0 Å². The highest BCUT2D eigenvalue weighted by Crippen LogP contribution is 2.36. The smallest absolute Gasteiger partial charge is 0.0687 e. The van der Waals surface area contributed by atoms with Gasteiger partial charge in [0.05, 0.1) is 5.54 Å². The molecule has 0 saturated carbocycles. The van der Waals surface area contributed by atoms with Crippen molar-refractivity contribution in [2.45, 2.75) is 12.5 Å². The van der Waals surface area contributed by atoms with Gasteiger partial charge in [-0.15, -0.1) is 0 Å². The maximum absolute atomic E-state index is 6.07. The second-order valence-corrected chi connectivity index (χ2v) is 6.12. The Kier molecular flexibility index (Phi) is 4.29. The molecule has 1 fully saturated rings. The van der Waals surface area contributed by atoms with Crippen LogP contribution in [0.5, 0.6) is 0 Å². The van der Waals surface area contributed by atoms with Crippen molar-refractivity contribution >= 4 is 11.6 Å². The van der Waals surface area contributed by atoms with Gasteiger partial charge in [-0.1, -0.05) is 54.1 Å². The second kappa shape index (κ2) is 6.18. The van der Waals surface area contributed by atoms with Gasteiger partial charge < -0.3 is 5.32 Å². The van der Waals surface area contributed by atoms with E-state index in [0.717, 1.165) is 31.2 Å². The molecule has 1 saturated heterocycles. The third kappa shape index (κ3) is 2.84. The van der Waals surface area contributed by atoms with Crippen LogP contribution in [0, 0.1) is 0 Å². The summed E-state index contributed by atoms with van der Waals surface area (Å²) >= 11 is 6.07. The van der Waals surface area contributed by atoms with E-state index < -0.39 is 0 Å². The van der Waals surface area contributed by atoms with Gasteiger partial charge in [-0.3, -0.25) is 4.90 Å². The van der Waals surface area contributed by atoms with Crippen LogP contribution in [0.25, 0.3) is 0 Å². The first-order chi connectivity index (χ1) is 10.2. The van der Waals surface area contributed by atoms with Crippen LogP contribution >= 0.6 is 11.6 Å². The van der Waals surface area contributed by atoms with Gasteiger partial charge in [0, 0.05) is 31.2 Å². The standard InChI is InChI=1S/C18H21ClN2/c1-18(15-5-3-2-4-6-15,21-13-11-20-12-14-21)16-7-9-17(19)10-8-16/h2-10,20H,11-14H2,1H3/t18-/m1/s1. The topological polar surface area (TPSA) is 15.3 Å². The molecule has 2 aromatic carbocycles. The third-order valence-corrected chi connectivity index (χ3v) is 4.74. The molecule has 0 bridgehead atoms. The molecule has 0 amide bonds. The van der Waals surface area contributed by atoms with Crippen molar-refractivity contribution in [3.05, 3.63) is 70.7 Å². The Balaban J connectivity index is 2.07. The van der Waals surface area contributed by atoms with E-state index in [1.807, 2.05) is 12.1 Å². The summed E-state index contributed by atoms with van der Waals surface area (Å²) in [5.74, 6) is 0. The molecule has 0 aliphatic carbocycles. The molecule has 3 rings (SSSR count). The van der Waals surface area contributed by atoms with Gasteiger partial charge >= 0.3 is 0 Å². The largest absolute Gasteiger partial charge is 0.314 e. The second-order valence-electron chi connectivity index (χ2n) is 5.68. The molecular formula is C18H21ClN2. The van der Waals surface area contributed by atoms with Gasteiger partial charge in [0.15, 0.2) is 0 Å². The van der Waals surface area contributed by atoms with E-state index in [1.54, 1.807) is 0 Å². The highest BCUT2D eigenvalue weighted by Gasteiger charge is 2.35. The van der Waals surface area contributed by atoms with Crippen LogP contribution in [0.1, 0.15) is 18.1 Å². The Morgan fingerprint density at radius 1 is 0.905 bits per heavy atom. The minimum absolute atomic E-state index is 0.117. The quantitative estimate of drug-likeness (QED) is 0.933. The molecule has 1 atom stereocenters. The van der Waals surface area contributed by atoms with Gasteiger partial charge in [-0.05, 0) is 30.2 Å². The van der Waals surface area contributed by atoms with Gasteiger partial charge in [0.25, 0.3) is 0 Å². The number of piperazine rings is 1. The van der Waals surface area contributed by atoms with Crippen LogP contribution in [-0.4, -0.2) is 31.1 Å². The zero-order valence-electron chi connectivity index (χ0n) is 12.3. The first kappa shape index (κ1) is 14.6. The summed E-state index contributed by atoms with van der Waals surface area (Å²) in [6.45, 7) is 6.49. The molecule has 2 nitrogen and oxygen atoms in total. The molecule has 3 heteroatoms. The lowest BCUT2D eigenvalue weighted by atomic mass is 9.82. The summed E-state index contributed by atoms with van der Waals surface area (Å²) in [6.07, 6.45) is 0. The van der Waals surface area contributed by atoms with E-state index in [4.69, 9.17) is 11.6 Å². The van der Waals surface area contributed by atoms with Gasteiger partial charge in [0.2, 0.25) is 0 Å². The summed E-state index contributed by atoms with van der Waals surface area (Å²) in [6, 6.07) is 19.0. The molecule has 0 unspecified atom stereocenters. The van der Waals surface area contributed by atoms with Crippen molar-refractivity contribution in [1.82, 2.24) is 10.2 Å². The van der Waals surface area contributed by atoms with Crippen LogP contribution in [0.15, 0.2) is 54.6 Å². The number of nitrogens with zero attached hydrogens (tertiary/aromatic N) is 1. The SMILES string of the molecule is C[C@@](c1ccccc1)(c1ccc(Cl)cc1)N1CCNCC1. The average molecular weight is 301 g/mol. The number of nitrogens with one attached hydrogen (secondary N) is 1. The lowest BCUT2D eigenvalue weighted by Gasteiger charge is -2.44. The molecule has 1 N–H and O–H groups in total. The van der Waals surface area contributed by atoms with E-state index in [-0.39, 0.29) is 5.54 Å². The molecule has 1 aliphatic rings. The molecule has 21 heavy (non-hydrogen) atoms. The Labute approximate surface area is 131 Å². The monoisotopic (exact) mass is 300 g/mol. The number of rotatable bonds is 3. The minimum Gasteiger partial charge on any atom is -0.314 e. The first-order valence-electron chi connectivity index (χ1n) is 7.48. The van der Waals surface area contributed by atoms with Crippen LogP contribution in [-0.2, 0) is 5.54 Å². The van der Waals surface area contributed by atoms with Gasteiger partial charge in [-0.2, -0.15) is 0 Å². The highest BCUT2D eigenvalue weighted by molar-refractivity contribution is 6.30. The number of halogens is 1. The van der Waals surface area contributed by atoms with Crippen LogP contribution < -0.4 is 5.32 Å². The van der Waals surface area contributed by atoms with Crippen molar-refractivity contribution in [1.29, 1.82) is 0 Å². The number of benzene rings is 2. The van der Waals surface area contributed by atoms with E-state index in [2.05, 4.69) is 59.6 Å². The summed E-state index contributed by atoms with van der Waals surface area (Å²) in [7, 11) is 0. The molecule has 0 radical (unpaired) electrons. The summed E-state index contributed by atoms with van der Waals surface area (Å²) < 4.78 is 0. The molecule has 0 aromatic heterocycles. The Morgan fingerprint density at radius 3 is 2.10 bits per heavy atom. The Bertz CT molecular complexity index is 576. The Morgan fingerprint density at radius 2 is 1.48 bits per heavy atom. The van der Waals surface area contributed by atoms with E-state index in [0.29, 0.717) is 0 Å². The molecule has 1 heterocycles. The van der Waals surface area contributed by atoms with Crippen LogP contribution in [0.2, 0.25) is 5.02 Å². The average Bonchev–Trinajstić information content (AvgIpc) is 2.56. The van der Waals surface area contributed by atoms with Crippen molar-refractivity contribution in [2.24, 2.45) is 0 Å². The normalized spacial score (nSPS) is 19.1. The zero-order valence-corrected chi connectivity index (χ0v) is 13.1. The van der Waals surface area contributed by atoms with Crippen molar-refractivity contribution < 1.29 is 0 Å². The van der Waals surface area contributed by atoms with Gasteiger partial charge in [-0.25, -0.2) is 0 Å². The highest BCUT2D eigenvalue weighted by atomic mass is 35.5. The molecule has 110 valence electrons. The molecule has 2 aromatic rings. The van der Waals surface area contributed by atoms with E-state index >= 15 is 0 Å². The fourth-order valence-electron chi connectivity index (χ4n) is 3.18. The van der Waals surface area contributed by atoms with Crippen LogP contribution in [0.4, 0.5) is 0 Å². The first-order valence-corrected chi connectivity index (χ1v) is 7.86. The van der Waals surface area contributed by atoms with Crippen molar-refractivity contribution in [3.63, 3.8) is 0 Å².